The molecule has 2 nitrogen and oxygen atoms in total. The van der Waals surface area contributed by atoms with Gasteiger partial charge in [-0.15, -0.1) is 19.0 Å². The van der Waals surface area contributed by atoms with Gasteiger partial charge in [0.25, 0.3) is 0 Å². The van der Waals surface area contributed by atoms with E-state index in [1.807, 2.05) is 61.5 Å². The normalized spacial score (nSPS) is 11.3. The summed E-state index contributed by atoms with van der Waals surface area (Å²) in [5.41, 5.74) is 8.29. The number of para-hydroxylation sites is 1. The highest BCUT2D eigenvalue weighted by Crippen LogP contribution is 2.24. The van der Waals surface area contributed by atoms with Gasteiger partial charge in [0, 0.05) is 6.04 Å². The third kappa shape index (κ3) is 4.72. The highest BCUT2D eigenvalue weighted by molar-refractivity contribution is 5.85. The number of hydrogen-bond donors (Lipinski definition) is 1. The highest BCUT2D eigenvalue weighted by Gasteiger charge is 2.06. The van der Waals surface area contributed by atoms with E-state index in [2.05, 4.69) is 6.58 Å². The molecule has 0 spiro atoms. The fourth-order valence-electron chi connectivity index (χ4n) is 1.90. The average molecular weight is 290 g/mol. The monoisotopic (exact) mass is 289 g/mol. The molecule has 0 amide bonds. The molecule has 2 rings (SSSR count). The zero-order valence-electron chi connectivity index (χ0n) is 11.6. The number of hydrogen-bond acceptors (Lipinski definition) is 2. The van der Waals surface area contributed by atoms with E-state index in [9.17, 15) is 0 Å². The van der Waals surface area contributed by atoms with Crippen LogP contribution in [0, 0.1) is 0 Å². The lowest BCUT2D eigenvalue weighted by Gasteiger charge is -2.12. The fourth-order valence-corrected chi connectivity index (χ4v) is 1.90. The Labute approximate surface area is 126 Å². The van der Waals surface area contributed by atoms with Crippen molar-refractivity contribution in [3.8, 4) is 11.5 Å². The highest BCUT2D eigenvalue weighted by atomic mass is 35.5. The first kappa shape index (κ1) is 16.3. The predicted molar refractivity (Wildman–Crippen MR) is 86.6 cm³/mol. The largest absolute Gasteiger partial charge is 0.457 e. The maximum Gasteiger partial charge on any atom is 0.127 e. The molecule has 0 saturated heterocycles. The van der Waals surface area contributed by atoms with Crippen molar-refractivity contribution >= 4 is 12.4 Å². The molecule has 2 aromatic carbocycles. The lowest BCUT2D eigenvalue weighted by molar-refractivity contribution is 0.482. The fraction of sp³-hybridized carbons (Fsp3) is 0.176. The average Bonchev–Trinajstić information content (AvgIpc) is 2.40. The molecule has 0 bridgehead atoms. The van der Waals surface area contributed by atoms with Gasteiger partial charge in [-0.1, -0.05) is 35.9 Å². The molecule has 0 heterocycles. The minimum Gasteiger partial charge on any atom is -0.457 e. The molecule has 20 heavy (non-hydrogen) atoms. The molecule has 0 aliphatic carbocycles. The van der Waals surface area contributed by atoms with Crippen molar-refractivity contribution < 1.29 is 4.74 Å². The molecule has 2 aromatic rings. The quantitative estimate of drug-likeness (QED) is 0.797. The van der Waals surface area contributed by atoms with Crippen LogP contribution in [0.25, 0.3) is 0 Å². The minimum absolute atomic E-state index is 0. The number of ether oxygens (including phenoxy) is 1. The van der Waals surface area contributed by atoms with Crippen molar-refractivity contribution in [2.75, 3.05) is 0 Å². The lowest BCUT2D eigenvalue weighted by atomic mass is 10.0. The van der Waals surface area contributed by atoms with Crippen molar-refractivity contribution in [1.82, 2.24) is 0 Å². The van der Waals surface area contributed by atoms with Crippen molar-refractivity contribution in [3.05, 3.63) is 72.3 Å². The van der Waals surface area contributed by atoms with Gasteiger partial charge in [-0.2, -0.15) is 0 Å². The van der Waals surface area contributed by atoms with Crippen LogP contribution < -0.4 is 10.5 Å². The number of halogens is 1. The van der Waals surface area contributed by atoms with Crippen LogP contribution in [0.15, 0.2) is 66.7 Å². The van der Waals surface area contributed by atoms with E-state index in [1.54, 1.807) is 0 Å². The van der Waals surface area contributed by atoms with E-state index in [1.165, 1.54) is 0 Å². The van der Waals surface area contributed by atoms with Crippen LogP contribution in [0.4, 0.5) is 0 Å². The lowest BCUT2D eigenvalue weighted by Crippen LogP contribution is -2.10. The van der Waals surface area contributed by atoms with E-state index < -0.39 is 0 Å². The van der Waals surface area contributed by atoms with Gasteiger partial charge in [-0.25, -0.2) is 0 Å². The summed E-state index contributed by atoms with van der Waals surface area (Å²) in [6.07, 6.45) is 0.804. The van der Waals surface area contributed by atoms with Gasteiger partial charge < -0.3 is 10.5 Å². The van der Waals surface area contributed by atoms with E-state index in [-0.39, 0.29) is 18.4 Å². The summed E-state index contributed by atoms with van der Waals surface area (Å²) in [6, 6.07) is 17.6. The van der Waals surface area contributed by atoms with Gasteiger partial charge in [-0.05, 0) is 43.2 Å². The summed E-state index contributed by atoms with van der Waals surface area (Å²) in [4.78, 5) is 0. The molecule has 0 aliphatic rings. The van der Waals surface area contributed by atoms with Crippen molar-refractivity contribution in [3.63, 3.8) is 0 Å². The molecule has 0 aliphatic heterocycles. The Morgan fingerprint density at radius 1 is 1.05 bits per heavy atom. The summed E-state index contributed by atoms with van der Waals surface area (Å²) in [6.45, 7) is 5.88. The van der Waals surface area contributed by atoms with E-state index >= 15 is 0 Å². The summed E-state index contributed by atoms with van der Waals surface area (Å²) < 4.78 is 5.74. The van der Waals surface area contributed by atoms with Gasteiger partial charge >= 0.3 is 0 Å². The number of nitrogens with two attached hydrogens (primary N) is 1. The molecular formula is C17H20ClNO. The zero-order chi connectivity index (χ0) is 13.7. The second-order valence-electron chi connectivity index (χ2n) is 4.75. The molecule has 2 N–H and O–H groups in total. The van der Waals surface area contributed by atoms with Crippen LogP contribution in [0.3, 0.4) is 0 Å². The SMILES string of the molecule is C=C(C)C[C@@H](N)c1ccc(Oc2ccccc2)cc1.Cl. The molecule has 0 aromatic heterocycles. The maximum absolute atomic E-state index is 6.10. The molecule has 0 fully saturated rings. The zero-order valence-corrected chi connectivity index (χ0v) is 12.4. The van der Waals surface area contributed by atoms with Crippen LogP contribution in [0.1, 0.15) is 24.9 Å². The summed E-state index contributed by atoms with van der Waals surface area (Å²) >= 11 is 0. The molecule has 1 atom stereocenters. The summed E-state index contributed by atoms with van der Waals surface area (Å²) in [7, 11) is 0. The van der Waals surface area contributed by atoms with Gasteiger partial charge in [0.05, 0.1) is 0 Å². The molecule has 0 radical (unpaired) electrons. The third-order valence-corrected chi connectivity index (χ3v) is 2.86. The maximum atomic E-state index is 6.10. The number of benzene rings is 2. The van der Waals surface area contributed by atoms with Crippen molar-refractivity contribution in [1.29, 1.82) is 0 Å². The van der Waals surface area contributed by atoms with Crippen LogP contribution in [0.2, 0.25) is 0 Å². The Morgan fingerprint density at radius 3 is 2.15 bits per heavy atom. The van der Waals surface area contributed by atoms with Gasteiger partial charge in [0.15, 0.2) is 0 Å². The second-order valence-corrected chi connectivity index (χ2v) is 4.75. The Hall–Kier alpha value is -1.77. The molecule has 0 unspecified atom stereocenters. The van der Waals surface area contributed by atoms with Gasteiger partial charge in [-0.3, -0.25) is 0 Å². The van der Waals surface area contributed by atoms with E-state index in [0.29, 0.717) is 0 Å². The summed E-state index contributed by atoms with van der Waals surface area (Å²) in [5, 5.41) is 0. The molecule has 0 saturated carbocycles. The van der Waals surface area contributed by atoms with Crippen LogP contribution >= 0.6 is 12.4 Å². The summed E-state index contributed by atoms with van der Waals surface area (Å²) in [5.74, 6) is 1.65. The molecular weight excluding hydrogens is 270 g/mol. The minimum atomic E-state index is 0. The number of rotatable bonds is 5. The first-order valence-electron chi connectivity index (χ1n) is 6.38. The first-order chi connectivity index (χ1) is 9.15. The predicted octanol–water partition coefficient (Wildman–Crippen LogP) is 4.87. The van der Waals surface area contributed by atoms with Gasteiger partial charge in [0.2, 0.25) is 0 Å². The van der Waals surface area contributed by atoms with Crippen LogP contribution in [-0.2, 0) is 0 Å². The van der Waals surface area contributed by atoms with Gasteiger partial charge in [0.1, 0.15) is 11.5 Å². The Balaban J connectivity index is 0.00000200. The van der Waals surface area contributed by atoms with Crippen LogP contribution in [0.5, 0.6) is 11.5 Å². The Kier molecular flexibility index (Phi) is 6.29. The Morgan fingerprint density at radius 2 is 1.60 bits per heavy atom. The van der Waals surface area contributed by atoms with E-state index in [0.717, 1.165) is 29.1 Å². The van der Waals surface area contributed by atoms with Crippen molar-refractivity contribution in [2.45, 2.75) is 19.4 Å². The third-order valence-electron chi connectivity index (χ3n) is 2.86. The Bertz CT molecular complexity index is 537. The van der Waals surface area contributed by atoms with Crippen LogP contribution in [-0.4, -0.2) is 0 Å². The first-order valence-corrected chi connectivity index (χ1v) is 6.38. The standard InChI is InChI=1S/C17H19NO.ClH/c1-13(2)12-17(18)14-8-10-16(11-9-14)19-15-6-4-3-5-7-15;/h3-11,17H,1,12,18H2,2H3;1H/t17-;/m1./s1. The van der Waals surface area contributed by atoms with E-state index in [4.69, 9.17) is 10.5 Å². The topological polar surface area (TPSA) is 35.2 Å². The molecule has 106 valence electrons. The van der Waals surface area contributed by atoms with Crippen molar-refractivity contribution in [2.24, 2.45) is 5.73 Å². The smallest absolute Gasteiger partial charge is 0.127 e. The molecule has 3 heteroatoms. The second kappa shape index (κ2) is 7.73.